The average molecular weight is 427 g/mol. The van der Waals surface area contributed by atoms with Crippen LogP contribution in [0.25, 0.3) is 0 Å². The van der Waals surface area contributed by atoms with Gasteiger partial charge in [0.25, 0.3) is 5.91 Å². The lowest BCUT2D eigenvalue weighted by atomic mass is 9.85. The molecule has 0 spiro atoms. The van der Waals surface area contributed by atoms with Crippen molar-refractivity contribution in [3.63, 3.8) is 0 Å². The van der Waals surface area contributed by atoms with Crippen molar-refractivity contribution < 1.29 is 9.90 Å². The van der Waals surface area contributed by atoms with Crippen LogP contribution in [0.5, 0.6) is 0 Å². The van der Waals surface area contributed by atoms with Crippen LogP contribution in [0.3, 0.4) is 0 Å². The second-order valence-corrected chi connectivity index (χ2v) is 9.03. The molecule has 2 unspecified atom stereocenters. The quantitative estimate of drug-likeness (QED) is 0.623. The minimum absolute atomic E-state index is 0.207. The lowest BCUT2D eigenvalue weighted by molar-refractivity contribution is -0.149. The van der Waals surface area contributed by atoms with Crippen LogP contribution in [0.1, 0.15) is 23.6 Å². The lowest BCUT2D eigenvalue weighted by Crippen LogP contribution is -2.50. The van der Waals surface area contributed by atoms with Gasteiger partial charge in [-0.05, 0) is 35.4 Å². The number of nitrogens with zero attached hydrogens (tertiary/aromatic N) is 2. The molecule has 1 saturated heterocycles. The van der Waals surface area contributed by atoms with E-state index in [1.54, 1.807) is 0 Å². The topological polar surface area (TPSA) is 43.8 Å². The SMILES string of the molecule is CCN(C(=O)C(O)(c1ccccc1)c1ccccc1)C1C2CN(Cc3ccccc3)CC21. The summed E-state index contributed by atoms with van der Waals surface area (Å²) in [7, 11) is 0. The molecule has 5 rings (SSSR count). The number of fused-ring (bicyclic) bond motifs is 1. The van der Waals surface area contributed by atoms with E-state index in [9.17, 15) is 9.90 Å². The predicted octanol–water partition coefficient (Wildman–Crippen LogP) is 3.90. The zero-order chi connectivity index (χ0) is 22.1. The Morgan fingerprint density at radius 1 is 0.875 bits per heavy atom. The number of rotatable bonds is 7. The van der Waals surface area contributed by atoms with Crippen LogP contribution in [0.15, 0.2) is 91.0 Å². The smallest absolute Gasteiger partial charge is 0.264 e. The number of likely N-dealkylation sites (tertiary alicyclic amines) is 1. The number of aliphatic hydroxyl groups is 1. The first-order chi connectivity index (χ1) is 15.6. The van der Waals surface area contributed by atoms with E-state index in [1.165, 1.54) is 5.56 Å². The monoisotopic (exact) mass is 426 g/mol. The van der Waals surface area contributed by atoms with Gasteiger partial charge in [-0.3, -0.25) is 9.69 Å². The molecular weight excluding hydrogens is 396 g/mol. The number of likely N-dealkylation sites (N-methyl/N-ethyl adjacent to an activating group) is 1. The van der Waals surface area contributed by atoms with E-state index in [0.717, 1.165) is 19.6 Å². The van der Waals surface area contributed by atoms with Gasteiger partial charge in [0.15, 0.2) is 5.60 Å². The van der Waals surface area contributed by atoms with Crippen LogP contribution in [0.2, 0.25) is 0 Å². The third kappa shape index (κ3) is 3.64. The van der Waals surface area contributed by atoms with Crippen LogP contribution >= 0.6 is 0 Å². The molecule has 4 heteroatoms. The van der Waals surface area contributed by atoms with E-state index in [2.05, 4.69) is 29.2 Å². The molecule has 0 radical (unpaired) electrons. The molecule has 0 aromatic heterocycles. The van der Waals surface area contributed by atoms with Crippen molar-refractivity contribution in [1.29, 1.82) is 0 Å². The van der Waals surface area contributed by atoms with Gasteiger partial charge >= 0.3 is 0 Å². The fraction of sp³-hybridized carbons (Fsp3) is 0.321. The van der Waals surface area contributed by atoms with Crippen molar-refractivity contribution in [3.8, 4) is 0 Å². The van der Waals surface area contributed by atoms with Crippen LogP contribution < -0.4 is 0 Å². The van der Waals surface area contributed by atoms with E-state index >= 15 is 0 Å². The Morgan fingerprint density at radius 2 is 1.34 bits per heavy atom. The van der Waals surface area contributed by atoms with Crippen LogP contribution in [-0.2, 0) is 16.9 Å². The van der Waals surface area contributed by atoms with Gasteiger partial charge in [-0.25, -0.2) is 0 Å². The third-order valence-corrected chi connectivity index (χ3v) is 7.13. The van der Waals surface area contributed by atoms with Gasteiger partial charge in [0.05, 0.1) is 0 Å². The first-order valence-electron chi connectivity index (χ1n) is 11.5. The van der Waals surface area contributed by atoms with Gasteiger partial charge in [0, 0.05) is 32.2 Å². The van der Waals surface area contributed by atoms with E-state index < -0.39 is 5.60 Å². The van der Waals surface area contributed by atoms with Gasteiger partial charge in [0.1, 0.15) is 0 Å². The summed E-state index contributed by atoms with van der Waals surface area (Å²) in [6.07, 6.45) is 0. The summed E-state index contributed by atoms with van der Waals surface area (Å²) in [5, 5.41) is 11.9. The minimum Gasteiger partial charge on any atom is -0.372 e. The fourth-order valence-corrected chi connectivity index (χ4v) is 5.49. The minimum atomic E-state index is -1.68. The van der Waals surface area contributed by atoms with Crippen molar-refractivity contribution in [2.45, 2.75) is 25.1 Å². The Kier molecular flexibility index (Phi) is 5.58. The number of piperidine rings is 1. The molecule has 0 bridgehead atoms. The number of hydrogen-bond acceptors (Lipinski definition) is 3. The second-order valence-electron chi connectivity index (χ2n) is 9.03. The molecule has 2 atom stereocenters. The standard InChI is InChI=1S/C28H30N2O2/c1-2-30(26-24-19-29(20-25(24)26)18-21-12-6-3-7-13-21)27(31)28(32,22-14-8-4-9-15-22)23-16-10-5-11-17-23/h3-17,24-26,32H,2,18-20H2,1H3. The first-order valence-corrected chi connectivity index (χ1v) is 11.5. The summed E-state index contributed by atoms with van der Waals surface area (Å²) in [6.45, 7) is 5.58. The van der Waals surface area contributed by atoms with Crippen molar-refractivity contribution in [2.24, 2.45) is 11.8 Å². The van der Waals surface area contributed by atoms with Crippen molar-refractivity contribution in [1.82, 2.24) is 9.80 Å². The molecule has 1 saturated carbocycles. The largest absolute Gasteiger partial charge is 0.372 e. The highest BCUT2D eigenvalue weighted by atomic mass is 16.3. The molecule has 1 aliphatic heterocycles. The maximum atomic E-state index is 13.9. The molecule has 1 N–H and O–H groups in total. The van der Waals surface area contributed by atoms with Crippen molar-refractivity contribution in [2.75, 3.05) is 19.6 Å². The Balaban J connectivity index is 1.36. The molecule has 2 fully saturated rings. The molecule has 32 heavy (non-hydrogen) atoms. The molecule has 164 valence electrons. The van der Waals surface area contributed by atoms with Crippen LogP contribution in [0, 0.1) is 11.8 Å². The maximum absolute atomic E-state index is 13.9. The average Bonchev–Trinajstić information content (AvgIpc) is 3.32. The van der Waals surface area contributed by atoms with Crippen LogP contribution in [0.4, 0.5) is 0 Å². The van der Waals surface area contributed by atoms with Gasteiger partial charge in [-0.15, -0.1) is 0 Å². The van der Waals surface area contributed by atoms with E-state index in [0.29, 0.717) is 29.5 Å². The van der Waals surface area contributed by atoms with Gasteiger partial charge in [0.2, 0.25) is 0 Å². The number of carbonyl (C=O) groups is 1. The Morgan fingerprint density at radius 3 is 1.81 bits per heavy atom. The van der Waals surface area contributed by atoms with Gasteiger partial charge in [-0.1, -0.05) is 91.0 Å². The number of carbonyl (C=O) groups excluding carboxylic acids is 1. The highest BCUT2D eigenvalue weighted by molar-refractivity contribution is 5.90. The van der Waals surface area contributed by atoms with Crippen LogP contribution in [-0.4, -0.2) is 46.5 Å². The molecule has 4 nitrogen and oxygen atoms in total. The number of hydrogen-bond donors (Lipinski definition) is 1. The third-order valence-electron chi connectivity index (χ3n) is 7.13. The summed E-state index contributed by atoms with van der Waals surface area (Å²) in [5.41, 5.74) is 0.882. The summed E-state index contributed by atoms with van der Waals surface area (Å²) >= 11 is 0. The molecule has 2 aliphatic rings. The molecule has 1 amide bonds. The summed E-state index contributed by atoms with van der Waals surface area (Å²) in [4.78, 5) is 18.4. The van der Waals surface area contributed by atoms with Crippen molar-refractivity contribution >= 4 is 5.91 Å². The first kappa shape index (κ1) is 20.9. The summed E-state index contributed by atoms with van der Waals surface area (Å²) in [6, 6.07) is 29.4. The Labute approximate surface area is 190 Å². The maximum Gasteiger partial charge on any atom is 0.264 e. The van der Waals surface area contributed by atoms with Gasteiger partial charge < -0.3 is 10.0 Å². The zero-order valence-electron chi connectivity index (χ0n) is 18.5. The Hall–Kier alpha value is -2.95. The van der Waals surface area contributed by atoms with Crippen molar-refractivity contribution in [3.05, 3.63) is 108 Å². The van der Waals surface area contributed by atoms with E-state index in [1.807, 2.05) is 78.6 Å². The number of benzene rings is 3. The zero-order valence-corrected chi connectivity index (χ0v) is 18.5. The Bertz CT molecular complexity index is 1000. The molecule has 3 aromatic rings. The number of amides is 1. The predicted molar refractivity (Wildman–Crippen MR) is 126 cm³/mol. The normalized spacial score (nSPS) is 22.4. The molecular formula is C28H30N2O2. The fourth-order valence-electron chi connectivity index (χ4n) is 5.49. The van der Waals surface area contributed by atoms with Gasteiger partial charge in [-0.2, -0.15) is 0 Å². The molecule has 3 aromatic carbocycles. The molecule has 1 heterocycles. The summed E-state index contributed by atoms with van der Waals surface area (Å²) in [5.74, 6) is 0.753. The molecule has 1 aliphatic carbocycles. The highest BCUT2D eigenvalue weighted by Crippen LogP contribution is 2.50. The van der Waals surface area contributed by atoms with E-state index in [4.69, 9.17) is 0 Å². The highest BCUT2D eigenvalue weighted by Gasteiger charge is 2.60. The summed E-state index contributed by atoms with van der Waals surface area (Å²) < 4.78 is 0. The van der Waals surface area contributed by atoms with E-state index in [-0.39, 0.29) is 11.9 Å². The second kappa shape index (κ2) is 8.53. The lowest BCUT2D eigenvalue weighted by Gasteiger charge is -2.35.